The molecule has 4 aromatic rings. The van der Waals surface area contributed by atoms with Gasteiger partial charge in [0, 0.05) is 16.9 Å². The summed E-state index contributed by atoms with van der Waals surface area (Å²) in [6.07, 6.45) is 0.106. The van der Waals surface area contributed by atoms with Crippen LogP contribution >= 0.6 is 11.6 Å². The van der Waals surface area contributed by atoms with Crippen LogP contribution in [0.2, 0.25) is 5.02 Å². The van der Waals surface area contributed by atoms with E-state index in [9.17, 15) is 14.4 Å². The first-order chi connectivity index (χ1) is 18.5. The molecule has 2 atom stereocenters. The first-order valence-electron chi connectivity index (χ1n) is 12.6. The zero-order chi connectivity index (χ0) is 26.0. The fourth-order valence-corrected chi connectivity index (χ4v) is 6.66. The van der Waals surface area contributed by atoms with Crippen LogP contribution in [0.5, 0.6) is 5.75 Å². The van der Waals surface area contributed by atoms with Gasteiger partial charge in [0.15, 0.2) is 0 Å². The van der Waals surface area contributed by atoms with Crippen molar-refractivity contribution in [3.8, 4) is 5.75 Å². The fourth-order valence-electron chi connectivity index (χ4n) is 6.53. The van der Waals surface area contributed by atoms with Crippen molar-refractivity contribution in [1.82, 2.24) is 0 Å². The molecule has 1 heterocycles. The van der Waals surface area contributed by atoms with E-state index in [0.717, 1.165) is 27.8 Å². The van der Waals surface area contributed by atoms with Crippen molar-refractivity contribution < 1.29 is 19.1 Å². The molecule has 0 N–H and O–H groups in total. The summed E-state index contributed by atoms with van der Waals surface area (Å²) in [4.78, 5) is 41.4. The molecule has 2 bridgehead atoms. The number of rotatable bonds is 4. The molecule has 4 aromatic carbocycles. The van der Waals surface area contributed by atoms with Gasteiger partial charge < -0.3 is 4.74 Å². The number of esters is 1. The highest BCUT2D eigenvalue weighted by Gasteiger charge is 2.61. The highest BCUT2D eigenvalue weighted by atomic mass is 35.5. The fraction of sp³-hybridized carbons (Fsp3) is 0.156. The quantitative estimate of drug-likeness (QED) is 0.192. The molecule has 38 heavy (non-hydrogen) atoms. The normalized spacial score (nSPS) is 22.6. The third kappa shape index (κ3) is 3.42. The lowest BCUT2D eigenvalue weighted by molar-refractivity contribution is -0.133. The zero-order valence-electron chi connectivity index (χ0n) is 20.2. The number of amides is 2. The van der Waals surface area contributed by atoms with E-state index in [-0.39, 0.29) is 30.1 Å². The van der Waals surface area contributed by atoms with Crippen LogP contribution in [-0.2, 0) is 20.8 Å². The summed E-state index contributed by atoms with van der Waals surface area (Å²) in [6, 6.07) is 30.0. The van der Waals surface area contributed by atoms with E-state index in [4.69, 9.17) is 16.3 Å². The molecule has 3 aliphatic carbocycles. The molecule has 2 amide bonds. The Labute approximate surface area is 224 Å². The highest BCUT2D eigenvalue weighted by molar-refractivity contribution is 6.30. The summed E-state index contributed by atoms with van der Waals surface area (Å²) in [7, 11) is 0. The van der Waals surface area contributed by atoms with E-state index in [0.29, 0.717) is 16.5 Å². The van der Waals surface area contributed by atoms with Crippen molar-refractivity contribution in [2.45, 2.75) is 18.3 Å². The minimum atomic E-state index is -0.436. The number of ether oxygens (including phenoxy) is 1. The minimum Gasteiger partial charge on any atom is -0.426 e. The number of benzene rings is 4. The van der Waals surface area contributed by atoms with E-state index in [1.165, 1.54) is 4.90 Å². The largest absolute Gasteiger partial charge is 0.426 e. The number of carbonyl (C=O) groups excluding carboxylic acids is 3. The molecule has 0 spiro atoms. The maximum absolute atomic E-state index is 13.9. The Balaban J connectivity index is 1.16. The van der Waals surface area contributed by atoms with Crippen molar-refractivity contribution in [3.63, 3.8) is 0 Å². The summed E-state index contributed by atoms with van der Waals surface area (Å²) in [5.41, 5.74) is 5.85. The van der Waals surface area contributed by atoms with Crippen LogP contribution in [0, 0.1) is 11.8 Å². The molecule has 1 aliphatic heterocycles. The molecule has 8 rings (SSSR count). The van der Waals surface area contributed by atoms with Crippen LogP contribution in [-0.4, -0.2) is 17.8 Å². The maximum Gasteiger partial charge on any atom is 0.315 e. The minimum absolute atomic E-state index is 0.106. The number of hydrogen-bond acceptors (Lipinski definition) is 4. The van der Waals surface area contributed by atoms with Crippen LogP contribution in [0.4, 0.5) is 5.69 Å². The third-order valence-electron chi connectivity index (χ3n) is 8.04. The Kier molecular flexibility index (Phi) is 5.24. The third-order valence-corrected chi connectivity index (χ3v) is 8.29. The summed E-state index contributed by atoms with van der Waals surface area (Å²) >= 11 is 5.91. The van der Waals surface area contributed by atoms with Gasteiger partial charge in [0.2, 0.25) is 11.8 Å². The molecule has 0 aromatic heterocycles. The average molecular weight is 520 g/mol. The second-order valence-corrected chi connectivity index (χ2v) is 10.5. The molecular weight excluding hydrogens is 498 g/mol. The van der Waals surface area contributed by atoms with E-state index in [1.807, 2.05) is 24.3 Å². The number of halogens is 1. The van der Waals surface area contributed by atoms with Gasteiger partial charge in [-0.15, -0.1) is 0 Å². The van der Waals surface area contributed by atoms with E-state index in [2.05, 4.69) is 24.3 Å². The van der Waals surface area contributed by atoms with Gasteiger partial charge in [-0.3, -0.25) is 14.4 Å². The Morgan fingerprint density at radius 1 is 0.684 bits per heavy atom. The summed E-state index contributed by atoms with van der Waals surface area (Å²) < 4.78 is 5.48. The number of hydrogen-bond donors (Lipinski definition) is 0. The van der Waals surface area contributed by atoms with Gasteiger partial charge in [-0.1, -0.05) is 72.3 Å². The lowest BCUT2D eigenvalue weighted by Gasteiger charge is -2.45. The van der Waals surface area contributed by atoms with Crippen molar-refractivity contribution in [2.75, 3.05) is 4.90 Å². The molecule has 186 valence electrons. The summed E-state index contributed by atoms with van der Waals surface area (Å²) in [5, 5.41) is 0.601. The van der Waals surface area contributed by atoms with Gasteiger partial charge >= 0.3 is 5.97 Å². The van der Waals surface area contributed by atoms with Gasteiger partial charge in [0.05, 0.1) is 23.9 Å². The molecule has 4 aliphatic rings. The van der Waals surface area contributed by atoms with Crippen molar-refractivity contribution in [1.29, 1.82) is 0 Å². The lowest BCUT2D eigenvalue weighted by Crippen LogP contribution is -2.41. The molecule has 0 saturated carbocycles. The van der Waals surface area contributed by atoms with Crippen molar-refractivity contribution in [3.05, 3.63) is 130 Å². The van der Waals surface area contributed by atoms with Gasteiger partial charge in [-0.25, -0.2) is 4.90 Å². The van der Waals surface area contributed by atoms with Gasteiger partial charge in [-0.05, 0) is 64.2 Å². The van der Waals surface area contributed by atoms with Crippen LogP contribution in [0.15, 0.2) is 97.1 Å². The van der Waals surface area contributed by atoms with Gasteiger partial charge in [0.1, 0.15) is 5.75 Å². The number of nitrogens with zero attached hydrogens (tertiary/aromatic N) is 1. The second kappa shape index (κ2) is 8.67. The van der Waals surface area contributed by atoms with Crippen LogP contribution in [0.3, 0.4) is 0 Å². The molecule has 0 radical (unpaired) electrons. The molecule has 2 unspecified atom stereocenters. The van der Waals surface area contributed by atoms with Crippen LogP contribution in [0.1, 0.15) is 39.7 Å². The van der Waals surface area contributed by atoms with Crippen LogP contribution in [0.25, 0.3) is 0 Å². The predicted octanol–water partition coefficient (Wildman–Crippen LogP) is 5.88. The molecular formula is C32H22ClNO4. The van der Waals surface area contributed by atoms with Gasteiger partial charge in [0.25, 0.3) is 0 Å². The Morgan fingerprint density at radius 2 is 1.16 bits per heavy atom. The molecule has 1 fully saturated rings. The number of anilines is 1. The number of carbonyl (C=O) groups is 3. The van der Waals surface area contributed by atoms with E-state index < -0.39 is 17.8 Å². The van der Waals surface area contributed by atoms with Gasteiger partial charge in [-0.2, -0.15) is 0 Å². The highest BCUT2D eigenvalue weighted by Crippen LogP contribution is 2.61. The van der Waals surface area contributed by atoms with E-state index >= 15 is 0 Å². The standard InChI is InChI=1S/C32H22ClNO4/c33-19-11-9-18(10-12-19)17-26(35)38-21-15-13-20(14-16-21)34-31(36)29-27-22-5-1-2-6-23(22)28(30(29)32(34)37)25-8-4-3-7-24(25)27/h1-16,27-30H,17H2. The summed E-state index contributed by atoms with van der Waals surface area (Å²) in [5.74, 6) is -1.57. The predicted molar refractivity (Wildman–Crippen MR) is 143 cm³/mol. The first kappa shape index (κ1) is 22.9. The SMILES string of the molecule is O=C(Cc1ccc(Cl)cc1)Oc1ccc(N2C(=O)C3C4c5ccccc5C(c5ccccc54)C3C2=O)cc1. The number of imide groups is 1. The average Bonchev–Trinajstić information content (AvgIpc) is 3.20. The molecule has 6 heteroatoms. The maximum atomic E-state index is 13.9. The second-order valence-electron chi connectivity index (χ2n) is 10.0. The Morgan fingerprint density at radius 3 is 1.63 bits per heavy atom. The van der Waals surface area contributed by atoms with E-state index in [1.54, 1.807) is 48.5 Å². The Hall–Kier alpha value is -4.22. The zero-order valence-corrected chi connectivity index (χ0v) is 21.0. The van der Waals surface area contributed by atoms with Crippen molar-refractivity contribution in [2.24, 2.45) is 11.8 Å². The molecule has 5 nitrogen and oxygen atoms in total. The molecule has 1 saturated heterocycles. The lowest BCUT2D eigenvalue weighted by atomic mass is 9.55. The van der Waals surface area contributed by atoms with Crippen LogP contribution < -0.4 is 9.64 Å². The van der Waals surface area contributed by atoms with Crippen molar-refractivity contribution >= 4 is 35.1 Å². The Bertz CT molecular complexity index is 1500. The summed E-state index contributed by atoms with van der Waals surface area (Å²) in [6.45, 7) is 0. The first-order valence-corrected chi connectivity index (χ1v) is 13.0. The smallest absolute Gasteiger partial charge is 0.315 e. The monoisotopic (exact) mass is 519 g/mol. The topological polar surface area (TPSA) is 63.7 Å².